The number of aliphatic hydroxyl groups is 1. The Morgan fingerprint density at radius 1 is 1.33 bits per heavy atom. The number of methoxy groups -OCH3 is 1. The van der Waals surface area contributed by atoms with Crippen molar-refractivity contribution in [2.45, 2.75) is 39.4 Å². The van der Waals surface area contributed by atoms with Crippen molar-refractivity contribution in [1.82, 2.24) is 0 Å². The Labute approximate surface area is 75.2 Å². The molecular weight excluding hydrogens is 152 g/mol. The number of ether oxygens (including phenoxy) is 1. The molecule has 0 aromatic rings. The summed E-state index contributed by atoms with van der Waals surface area (Å²) in [6.45, 7) is 11.3. The van der Waals surface area contributed by atoms with Crippen LogP contribution in [0.3, 0.4) is 0 Å². The zero-order chi connectivity index (χ0) is 9.99. The molecule has 0 aromatic carbocycles. The number of hydrogen-bond donors (Lipinski definition) is 1. The van der Waals surface area contributed by atoms with Gasteiger partial charge in [-0.2, -0.15) is 0 Å². The molecule has 0 aromatic heterocycles. The molecule has 1 N–H and O–H groups in total. The summed E-state index contributed by atoms with van der Waals surface area (Å²) in [7, 11) is 1.58. The molecule has 12 heavy (non-hydrogen) atoms. The van der Waals surface area contributed by atoms with Crippen LogP contribution in [-0.2, 0) is 4.74 Å². The van der Waals surface area contributed by atoms with Crippen LogP contribution in [0.2, 0.25) is 0 Å². The quantitative estimate of drug-likeness (QED) is 0.660. The lowest BCUT2D eigenvalue weighted by atomic mass is 9.74. The second kappa shape index (κ2) is 3.58. The standard InChI is InChI=1S/C10H20O2/c1-7-8(12-6)10(5,11)9(2,3)4/h7-8,11H,1H2,2-6H3/t8-,10-/m1/s1. The van der Waals surface area contributed by atoms with Gasteiger partial charge in [0.1, 0.15) is 6.10 Å². The zero-order valence-corrected chi connectivity index (χ0v) is 8.72. The van der Waals surface area contributed by atoms with E-state index in [0.29, 0.717) is 0 Å². The Bertz CT molecular complexity index is 154. The van der Waals surface area contributed by atoms with Crippen molar-refractivity contribution in [3.8, 4) is 0 Å². The van der Waals surface area contributed by atoms with Gasteiger partial charge >= 0.3 is 0 Å². The lowest BCUT2D eigenvalue weighted by Gasteiger charge is -2.41. The van der Waals surface area contributed by atoms with Gasteiger partial charge in [-0.15, -0.1) is 6.58 Å². The molecule has 0 saturated heterocycles. The summed E-state index contributed by atoms with van der Waals surface area (Å²) in [6.07, 6.45) is 1.31. The van der Waals surface area contributed by atoms with Crippen LogP contribution in [-0.4, -0.2) is 23.9 Å². The van der Waals surface area contributed by atoms with Crippen molar-refractivity contribution in [1.29, 1.82) is 0 Å². The van der Waals surface area contributed by atoms with Gasteiger partial charge in [0.25, 0.3) is 0 Å². The molecule has 0 radical (unpaired) electrons. The fourth-order valence-electron chi connectivity index (χ4n) is 0.982. The molecule has 0 spiro atoms. The Balaban J connectivity index is 4.69. The summed E-state index contributed by atoms with van der Waals surface area (Å²) in [5, 5.41) is 10.1. The van der Waals surface area contributed by atoms with Crippen LogP contribution in [0, 0.1) is 5.41 Å². The van der Waals surface area contributed by atoms with Crippen molar-refractivity contribution in [2.75, 3.05) is 7.11 Å². The summed E-state index contributed by atoms with van der Waals surface area (Å²) in [5.41, 5.74) is -1.11. The van der Waals surface area contributed by atoms with E-state index in [1.807, 2.05) is 20.8 Å². The van der Waals surface area contributed by atoms with Gasteiger partial charge in [0.05, 0.1) is 5.60 Å². The Hall–Kier alpha value is -0.340. The van der Waals surface area contributed by atoms with Crippen LogP contribution < -0.4 is 0 Å². The fourth-order valence-corrected chi connectivity index (χ4v) is 0.982. The molecule has 0 fully saturated rings. The molecule has 2 nitrogen and oxygen atoms in total. The van der Waals surface area contributed by atoms with E-state index in [9.17, 15) is 5.11 Å². The maximum Gasteiger partial charge on any atom is 0.104 e. The first-order chi connectivity index (χ1) is 5.27. The topological polar surface area (TPSA) is 29.5 Å². The monoisotopic (exact) mass is 172 g/mol. The predicted octanol–water partition coefficient (Wildman–Crippen LogP) is 1.98. The van der Waals surface area contributed by atoms with E-state index in [4.69, 9.17) is 4.74 Å². The molecular formula is C10H20O2. The molecule has 0 heterocycles. The molecule has 0 aliphatic rings. The minimum atomic E-state index is -0.885. The van der Waals surface area contributed by atoms with Gasteiger partial charge in [0.2, 0.25) is 0 Å². The lowest BCUT2D eigenvalue weighted by Crippen LogP contribution is -2.49. The van der Waals surface area contributed by atoms with E-state index in [2.05, 4.69) is 6.58 Å². The van der Waals surface area contributed by atoms with Gasteiger partial charge in [0.15, 0.2) is 0 Å². The first-order valence-electron chi connectivity index (χ1n) is 4.15. The van der Waals surface area contributed by atoms with Gasteiger partial charge < -0.3 is 9.84 Å². The lowest BCUT2D eigenvalue weighted by molar-refractivity contribution is -0.122. The van der Waals surface area contributed by atoms with E-state index in [-0.39, 0.29) is 11.5 Å². The van der Waals surface area contributed by atoms with Crippen LogP contribution in [0.5, 0.6) is 0 Å². The van der Waals surface area contributed by atoms with Crippen molar-refractivity contribution in [3.63, 3.8) is 0 Å². The minimum Gasteiger partial charge on any atom is -0.387 e. The third kappa shape index (κ3) is 2.08. The van der Waals surface area contributed by atoms with E-state index < -0.39 is 5.60 Å². The third-order valence-corrected chi connectivity index (χ3v) is 2.54. The van der Waals surface area contributed by atoms with Crippen molar-refractivity contribution in [3.05, 3.63) is 12.7 Å². The summed E-state index contributed by atoms with van der Waals surface area (Å²) < 4.78 is 5.12. The van der Waals surface area contributed by atoms with Crippen molar-refractivity contribution >= 4 is 0 Å². The minimum absolute atomic E-state index is 0.220. The molecule has 0 amide bonds. The van der Waals surface area contributed by atoms with E-state index in [0.717, 1.165) is 0 Å². The van der Waals surface area contributed by atoms with Gasteiger partial charge in [-0.25, -0.2) is 0 Å². The number of hydrogen-bond acceptors (Lipinski definition) is 2. The van der Waals surface area contributed by atoms with E-state index >= 15 is 0 Å². The van der Waals surface area contributed by atoms with Gasteiger partial charge in [0, 0.05) is 7.11 Å². The second-order valence-corrected chi connectivity index (χ2v) is 4.29. The fraction of sp³-hybridized carbons (Fsp3) is 0.800. The highest BCUT2D eigenvalue weighted by Crippen LogP contribution is 2.34. The maximum absolute atomic E-state index is 10.1. The molecule has 0 aliphatic heterocycles. The normalized spacial score (nSPS) is 19.8. The highest BCUT2D eigenvalue weighted by atomic mass is 16.5. The van der Waals surface area contributed by atoms with E-state index in [1.54, 1.807) is 20.1 Å². The zero-order valence-electron chi connectivity index (χ0n) is 8.72. The average molecular weight is 172 g/mol. The average Bonchev–Trinajstić information content (AvgIpc) is 1.87. The molecule has 2 atom stereocenters. The first-order valence-corrected chi connectivity index (χ1v) is 4.15. The largest absolute Gasteiger partial charge is 0.387 e. The second-order valence-electron chi connectivity index (χ2n) is 4.29. The Morgan fingerprint density at radius 2 is 1.75 bits per heavy atom. The number of rotatable bonds is 3. The third-order valence-electron chi connectivity index (χ3n) is 2.54. The summed E-state index contributed by atoms with van der Waals surface area (Å²) >= 11 is 0. The highest BCUT2D eigenvalue weighted by Gasteiger charge is 2.41. The molecule has 2 heteroatoms. The summed E-state index contributed by atoms with van der Waals surface area (Å²) in [6, 6.07) is 0. The first kappa shape index (κ1) is 11.7. The molecule has 0 saturated carbocycles. The van der Waals surface area contributed by atoms with E-state index in [1.165, 1.54) is 0 Å². The molecule has 0 unspecified atom stereocenters. The highest BCUT2D eigenvalue weighted by molar-refractivity contribution is 5.01. The van der Waals surface area contributed by atoms with Crippen LogP contribution in [0.4, 0.5) is 0 Å². The van der Waals surface area contributed by atoms with Gasteiger partial charge in [-0.3, -0.25) is 0 Å². The molecule has 0 bridgehead atoms. The maximum atomic E-state index is 10.1. The summed E-state index contributed by atoms with van der Waals surface area (Å²) in [4.78, 5) is 0. The summed E-state index contributed by atoms with van der Waals surface area (Å²) in [5.74, 6) is 0. The predicted molar refractivity (Wildman–Crippen MR) is 51.1 cm³/mol. The van der Waals surface area contributed by atoms with Crippen LogP contribution in [0.15, 0.2) is 12.7 Å². The van der Waals surface area contributed by atoms with Crippen LogP contribution in [0.25, 0.3) is 0 Å². The van der Waals surface area contributed by atoms with Crippen molar-refractivity contribution in [2.24, 2.45) is 5.41 Å². The van der Waals surface area contributed by atoms with Crippen LogP contribution in [0.1, 0.15) is 27.7 Å². The van der Waals surface area contributed by atoms with Crippen molar-refractivity contribution < 1.29 is 9.84 Å². The molecule has 72 valence electrons. The van der Waals surface area contributed by atoms with Crippen LogP contribution >= 0.6 is 0 Å². The van der Waals surface area contributed by atoms with Gasteiger partial charge in [-0.1, -0.05) is 26.8 Å². The molecule has 0 rings (SSSR count). The van der Waals surface area contributed by atoms with Gasteiger partial charge in [-0.05, 0) is 12.3 Å². The molecule has 0 aliphatic carbocycles. The SMILES string of the molecule is C=C[C@@H](OC)[C@@](C)(O)C(C)(C)C. The Kier molecular flexibility index (Phi) is 3.48. The Morgan fingerprint density at radius 3 is 1.83 bits per heavy atom. The smallest absolute Gasteiger partial charge is 0.104 e.